The fourth-order valence-corrected chi connectivity index (χ4v) is 1.60. The van der Waals surface area contributed by atoms with Gasteiger partial charge in [0.2, 0.25) is 0 Å². The van der Waals surface area contributed by atoms with Gasteiger partial charge in [-0.3, -0.25) is 0 Å². The monoisotopic (exact) mass is 133 g/mol. The van der Waals surface area contributed by atoms with E-state index >= 15 is 0 Å². The van der Waals surface area contributed by atoms with Crippen LogP contribution < -0.4 is 0 Å². The number of hydrogen-bond donors (Lipinski definition) is 0. The van der Waals surface area contributed by atoms with E-state index in [-0.39, 0.29) is 6.40 Å². The van der Waals surface area contributed by atoms with Crippen molar-refractivity contribution in [2.45, 2.75) is 25.7 Å². The third kappa shape index (κ3) is 0.756. The topological polar surface area (TPSA) is 0 Å². The normalized spacial score (nSPS) is 31.5. The lowest BCUT2D eigenvalue weighted by Crippen LogP contribution is -1.83. The van der Waals surface area contributed by atoms with Crippen molar-refractivity contribution in [3.05, 3.63) is 35.4 Å². The van der Waals surface area contributed by atoms with Gasteiger partial charge in [-0.05, 0) is 29.9 Å². The van der Waals surface area contributed by atoms with Crippen LogP contribution in [0.25, 0.3) is 0 Å². The Bertz CT molecular complexity index is 267. The molecule has 0 aromatic heterocycles. The fourth-order valence-electron chi connectivity index (χ4n) is 1.60. The number of aryl methyl sites for hydroxylation is 1. The maximum absolute atomic E-state index is 7.72. The van der Waals surface area contributed by atoms with Gasteiger partial charge in [-0.1, -0.05) is 31.2 Å². The molecular formula is C10H12. The van der Waals surface area contributed by atoms with Gasteiger partial charge in [-0.15, -0.1) is 0 Å². The zero-order valence-corrected chi connectivity index (χ0v) is 6.17. The van der Waals surface area contributed by atoms with Gasteiger partial charge >= 0.3 is 0 Å². The van der Waals surface area contributed by atoms with Crippen LogP contribution in [0.15, 0.2) is 24.3 Å². The Balaban J connectivity index is 2.47. The van der Waals surface area contributed by atoms with Gasteiger partial charge in [0.15, 0.2) is 0 Å². The number of hydrogen-bond acceptors (Lipinski definition) is 0. The minimum absolute atomic E-state index is 0.0902. The average molecular weight is 133 g/mol. The van der Waals surface area contributed by atoms with Gasteiger partial charge in [0.25, 0.3) is 0 Å². The molecule has 1 aromatic carbocycles. The number of benzene rings is 1. The second kappa shape index (κ2) is 2.12. The molecule has 0 nitrogen and oxygen atoms in total. The van der Waals surface area contributed by atoms with E-state index in [1.54, 1.807) is 0 Å². The van der Waals surface area contributed by atoms with Crippen LogP contribution in [0.2, 0.25) is 0 Å². The van der Waals surface area contributed by atoms with Crippen molar-refractivity contribution in [3.8, 4) is 0 Å². The molecule has 2 rings (SSSR count). The maximum atomic E-state index is 7.72. The van der Waals surface area contributed by atoms with Gasteiger partial charge in [-0.25, -0.2) is 0 Å². The Morgan fingerprint density at radius 3 is 3.10 bits per heavy atom. The van der Waals surface area contributed by atoms with Crippen LogP contribution in [0.1, 0.15) is 31.7 Å². The summed E-state index contributed by atoms with van der Waals surface area (Å²) in [6.07, 6.45) is 1.03. The summed E-state index contributed by atoms with van der Waals surface area (Å²) in [5.41, 5.74) is 2.76. The van der Waals surface area contributed by atoms with Crippen molar-refractivity contribution in [2.24, 2.45) is 0 Å². The highest BCUT2D eigenvalue weighted by Crippen LogP contribution is 2.31. The van der Waals surface area contributed by atoms with Crippen LogP contribution in [0, 0.1) is 0 Å². The first-order valence-electron chi connectivity index (χ1n) is 4.37. The lowest BCUT2D eigenvalue weighted by molar-refractivity contribution is 0.747. The van der Waals surface area contributed by atoms with Crippen molar-refractivity contribution in [1.29, 1.82) is 0 Å². The van der Waals surface area contributed by atoms with Crippen molar-refractivity contribution in [3.63, 3.8) is 0 Å². The van der Waals surface area contributed by atoms with E-state index in [0.29, 0.717) is 5.92 Å². The summed E-state index contributed by atoms with van der Waals surface area (Å²) in [4.78, 5) is 0. The molecule has 2 atom stereocenters. The van der Waals surface area contributed by atoms with Gasteiger partial charge < -0.3 is 0 Å². The van der Waals surface area contributed by atoms with Crippen molar-refractivity contribution < 1.29 is 1.37 Å². The summed E-state index contributed by atoms with van der Waals surface area (Å²) in [6.45, 7) is 2.14. The molecule has 0 unspecified atom stereocenters. The van der Waals surface area contributed by atoms with Crippen LogP contribution in [0.3, 0.4) is 0 Å². The third-order valence-electron chi connectivity index (χ3n) is 2.24. The SMILES string of the molecule is [2H][C@@H]1Cc2ccccc2[C@H]1C. The predicted molar refractivity (Wildman–Crippen MR) is 43.2 cm³/mol. The van der Waals surface area contributed by atoms with Crippen molar-refractivity contribution >= 4 is 0 Å². The summed E-state index contributed by atoms with van der Waals surface area (Å²) in [5, 5.41) is 0. The number of rotatable bonds is 0. The van der Waals surface area contributed by atoms with Crippen molar-refractivity contribution in [2.75, 3.05) is 0 Å². The Morgan fingerprint density at radius 2 is 2.30 bits per heavy atom. The largest absolute Gasteiger partial charge is 0.0620 e. The minimum atomic E-state index is 0.0902. The van der Waals surface area contributed by atoms with Crippen LogP contribution in [-0.4, -0.2) is 0 Å². The molecule has 0 saturated heterocycles. The summed E-state index contributed by atoms with van der Waals surface area (Å²) in [7, 11) is 0. The molecule has 1 aliphatic carbocycles. The first-order chi connectivity index (χ1) is 5.29. The molecule has 0 bridgehead atoms. The lowest BCUT2D eigenvalue weighted by atomic mass is 10.0. The molecule has 0 heterocycles. The first-order valence-corrected chi connectivity index (χ1v) is 3.79. The van der Waals surface area contributed by atoms with Gasteiger partial charge in [0.05, 0.1) is 0 Å². The van der Waals surface area contributed by atoms with Crippen LogP contribution >= 0.6 is 0 Å². The molecule has 0 heteroatoms. The number of fused-ring (bicyclic) bond motifs is 1. The molecule has 10 heavy (non-hydrogen) atoms. The summed E-state index contributed by atoms with van der Waals surface area (Å²) < 4.78 is 7.72. The van der Waals surface area contributed by atoms with E-state index < -0.39 is 0 Å². The summed E-state index contributed by atoms with van der Waals surface area (Å²) in [6, 6.07) is 8.41. The van der Waals surface area contributed by atoms with Gasteiger partial charge in [0, 0.05) is 1.37 Å². The van der Waals surface area contributed by atoms with E-state index in [9.17, 15) is 0 Å². The van der Waals surface area contributed by atoms with E-state index in [1.807, 2.05) is 0 Å². The molecule has 0 N–H and O–H groups in total. The van der Waals surface area contributed by atoms with E-state index in [4.69, 9.17) is 1.37 Å². The highest BCUT2D eigenvalue weighted by molar-refractivity contribution is 5.33. The highest BCUT2D eigenvalue weighted by Gasteiger charge is 2.16. The Hall–Kier alpha value is -0.780. The van der Waals surface area contributed by atoms with E-state index in [2.05, 4.69) is 31.2 Å². The zero-order chi connectivity index (χ0) is 7.84. The first kappa shape index (κ1) is 4.95. The Labute approximate surface area is 63.3 Å². The second-order valence-corrected chi connectivity index (χ2v) is 2.93. The third-order valence-corrected chi connectivity index (χ3v) is 2.24. The summed E-state index contributed by atoms with van der Waals surface area (Å²) >= 11 is 0. The molecule has 1 aliphatic rings. The zero-order valence-electron chi connectivity index (χ0n) is 7.17. The summed E-state index contributed by atoms with van der Waals surface area (Å²) in [5.74, 6) is 0.436. The molecule has 0 aliphatic heterocycles. The van der Waals surface area contributed by atoms with Crippen LogP contribution in [0.4, 0.5) is 0 Å². The second-order valence-electron chi connectivity index (χ2n) is 2.93. The predicted octanol–water partition coefficient (Wildman–Crippen LogP) is 2.74. The molecule has 0 saturated carbocycles. The lowest BCUT2D eigenvalue weighted by Gasteiger charge is -2.01. The fraction of sp³-hybridized carbons (Fsp3) is 0.400. The molecule has 0 radical (unpaired) electrons. The van der Waals surface area contributed by atoms with Crippen molar-refractivity contribution in [1.82, 2.24) is 0 Å². The quantitative estimate of drug-likeness (QED) is 0.510. The smallest absolute Gasteiger partial charge is 0.0276 e. The van der Waals surface area contributed by atoms with E-state index in [0.717, 1.165) is 6.42 Å². The molecule has 0 amide bonds. The minimum Gasteiger partial charge on any atom is -0.0620 e. The van der Waals surface area contributed by atoms with Gasteiger partial charge in [0.1, 0.15) is 0 Å². The van der Waals surface area contributed by atoms with Gasteiger partial charge in [-0.2, -0.15) is 0 Å². The van der Waals surface area contributed by atoms with E-state index in [1.165, 1.54) is 11.1 Å². The molecule has 52 valence electrons. The maximum Gasteiger partial charge on any atom is 0.0276 e. The molecule has 1 aromatic rings. The molecule has 0 spiro atoms. The average Bonchev–Trinajstić information content (AvgIpc) is 2.30. The van der Waals surface area contributed by atoms with Crippen LogP contribution in [0.5, 0.6) is 0 Å². The standard InChI is InChI=1S/C10H12/c1-8-6-7-9-4-2-3-5-10(8)9/h2-5,8H,6-7H2,1H3/t8-/m0/s1/i6D/t6-,8+/m1. The Morgan fingerprint density at radius 1 is 1.50 bits per heavy atom. The molecule has 0 fully saturated rings. The highest BCUT2D eigenvalue weighted by atomic mass is 14.2. The van der Waals surface area contributed by atoms with Crippen LogP contribution in [-0.2, 0) is 6.42 Å². The Kier molecular flexibility index (Phi) is 1.05. The molecular weight excluding hydrogens is 120 g/mol.